The van der Waals surface area contributed by atoms with Crippen LogP contribution in [0.3, 0.4) is 0 Å². The number of nitrogens with one attached hydrogen (secondary N) is 4. The van der Waals surface area contributed by atoms with Crippen molar-refractivity contribution in [3.05, 3.63) is 83.7 Å². The van der Waals surface area contributed by atoms with Gasteiger partial charge < -0.3 is 30.6 Å². The van der Waals surface area contributed by atoms with Crippen molar-refractivity contribution in [3.8, 4) is 273 Å². The Hall–Kier alpha value is -15.2. The van der Waals surface area contributed by atoms with Gasteiger partial charge in [0.05, 0.1) is 31.6 Å². The summed E-state index contributed by atoms with van der Waals surface area (Å²) >= 11 is 8.77. The summed E-state index contributed by atoms with van der Waals surface area (Å²) in [5, 5.41) is 14.5. The third kappa shape index (κ3) is 31.5. The lowest BCUT2D eigenvalue weighted by atomic mass is 9.79. The first-order valence-electron chi connectivity index (χ1n) is 35.0. The fraction of sp³-hybridized carbons (Fsp3) is 0.211. The number of thiazole rings is 2. The Morgan fingerprint density at radius 3 is 1.16 bits per heavy atom. The number of rotatable bonds is 8. The lowest BCUT2D eigenvalue weighted by molar-refractivity contribution is -0.115. The number of carbonyl (C=O) groups excluding carboxylic acids is 4. The monoisotopic (exact) mass is 1650 g/mol. The van der Waals surface area contributed by atoms with Crippen molar-refractivity contribution in [2.45, 2.75) is 129 Å². The number of nitrogens with zero attached hydrogens (tertiary/aromatic N) is 6. The van der Waals surface area contributed by atoms with Crippen molar-refractivity contribution in [2.24, 2.45) is 0 Å². The molecule has 1 aliphatic heterocycles. The molecule has 560 valence electrons. The second-order valence-corrected chi connectivity index (χ2v) is 28.9. The molecule has 4 amide bonds. The number of amides is 4. The predicted molar refractivity (Wildman–Crippen MR) is 473 cm³/mol. The Bertz CT molecular complexity index is 6590. The van der Waals surface area contributed by atoms with Gasteiger partial charge in [-0.2, -0.15) is 15.7 Å². The quantitative estimate of drug-likeness (QED) is 0.0636. The van der Waals surface area contributed by atoms with E-state index in [9.17, 15) is 19.2 Å². The topological polar surface area (TPSA) is 212 Å². The summed E-state index contributed by atoms with van der Waals surface area (Å²) < 4.78 is 23.6. The first kappa shape index (κ1) is 89.0. The number of fused-ring (bicyclic) bond motifs is 4. The Kier molecular flexibility index (Phi) is 37.5. The summed E-state index contributed by atoms with van der Waals surface area (Å²) in [5.74, 6) is 99.1. The molecule has 11 rings (SSSR count). The maximum Gasteiger partial charge on any atom is 0.494 e. The van der Waals surface area contributed by atoms with Gasteiger partial charge in [0, 0.05) is 94.7 Å². The van der Waals surface area contributed by atoms with Crippen molar-refractivity contribution in [3.63, 3.8) is 0 Å². The lowest BCUT2D eigenvalue weighted by Gasteiger charge is -2.32. The van der Waals surface area contributed by atoms with Crippen molar-refractivity contribution in [1.82, 2.24) is 39.3 Å². The number of hydrogen-bond donors (Lipinski definition) is 4. The van der Waals surface area contributed by atoms with Gasteiger partial charge >= 0.3 is 7.12 Å². The number of terminal acetylenes is 3. The smallest absolute Gasteiger partial charge is 0.399 e. The van der Waals surface area contributed by atoms with Crippen molar-refractivity contribution in [1.29, 1.82) is 0 Å². The molecule has 7 heterocycles. The van der Waals surface area contributed by atoms with Crippen LogP contribution in [0.1, 0.15) is 127 Å². The van der Waals surface area contributed by atoms with Gasteiger partial charge in [-0.15, -0.1) is 25.2 Å². The van der Waals surface area contributed by atoms with Gasteiger partial charge in [0.15, 0.2) is 21.7 Å². The standard InChI is InChI=1S/C23H3.C22H21N5O2S2.C22H2.C15H19BN2O3S.C13H14BrN3OS/c1-3-5-7-9-11-13-15-17-19-21-23-22-20-18-16-14-12-10-8-6-4-2;1-12(28)24-22-26-17-8-7-13(10-18(17)30-22)14-9-16-19(27-31-21(16)23-11-14)20(29)25-15-5-3-2-4-6-15;1-3-5-7-9-11-13-15-17-19-21-22-20-18-16-14-12-10-8-6-4-2;1-9(19)17-13-18-11-7-6-10(8-12(11)22-13)16-20-14(2,3)15(4,5)21-16;14-8-6-10-11(17-19-13(10)15-7-8)12(18)16-9-4-2-1-3-5-9/h1H,2H2;7-11,15H,2-6H2,1H3,(H,25,29)(H,24,26,28);1-2H;6-8H,1-5H3,(H,17,18,19);6-7,9H,1-5H2,(H,16,18)/q-1;;;;. The van der Waals surface area contributed by atoms with Gasteiger partial charge in [0.2, 0.25) is 11.8 Å². The molecule has 0 atom stereocenters. The van der Waals surface area contributed by atoms with E-state index in [0.29, 0.717) is 27.7 Å². The zero-order chi connectivity index (χ0) is 83.7. The van der Waals surface area contributed by atoms with Crippen LogP contribution >= 0.6 is 61.7 Å². The first-order valence-corrected chi connectivity index (χ1v) is 38.9. The molecule has 4 N–H and O–H groups in total. The summed E-state index contributed by atoms with van der Waals surface area (Å²) in [6, 6.07) is 16.3. The molecule has 0 unspecified atom stereocenters. The number of halogens is 1. The van der Waals surface area contributed by atoms with Gasteiger partial charge in [-0.25, -0.2) is 25.9 Å². The Labute approximate surface area is 707 Å². The highest BCUT2D eigenvalue weighted by Crippen LogP contribution is 2.38. The van der Waals surface area contributed by atoms with E-state index in [1.807, 2.05) is 76.2 Å². The zero-order valence-electron chi connectivity index (χ0n) is 63.7. The van der Waals surface area contributed by atoms with E-state index in [-0.39, 0.29) is 48.0 Å². The van der Waals surface area contributed by atoms with Crippen LogP contribution in [0, 0.1) is 269 Å². The van der Waals surface area contributed by atoms with Crippen molar-refractivity contribution >= 4 is 149 Å². The Morgan fingerprint density at radius 1 is 0.453 bits per heavy atom. The van der Waals surface area contributed by atoms with Gasteiger partial charge in [-0.3, -0.25) is 25.1 Å². The third-order valence-electron chi connectivity index (χ3n) is 15.7. The highest BCUT2D eigenvalue weighted by molar-refractivity contribution is 9.10. The molecule has 8 aromatic rings. The molecular formula is C95H59BBrN10O6S4-. The lowest BCUT2D eigenvalue weighted by Crippen LogP contribution is -2.41. The Morgan fingerprint density at radius 2 is 0.795 bits per heavy atom. The number of hydrogen-bond acceptors (Lipinski definition) is 16. The first-order chi connectivity index (χ1) is 56.8. The summed E-state index contributed by atoms with van der Waals surface area (Å²) in [7, 11) is -0.388. The number of carbonyl (C=O) groups is 4. The number of anilines is 2. The highest BCUT2D eigenvalue weighted by atomic mass is 79.9. The predicted octanol–water partition coefficient (Wildman–Crippen LogP) is 11.8. The molecule has 3 fully saturated rings. The largest absolute Gasteiger partial charge is 0.494 e. The summed E-state index contributed by atoms with van der Waals surface area (Å²) in [6.07, 6.45) is 29.7. The minimum atomic E-state index is -0.388. The van der Waals surface area contributed by atoms with E-state index >= 15 is 0 Å². The molecule has 0 radical (unpaired) electrons. The normalized spacial score (nSPS) is 11.7. The second-order valence-electron chi connectivity index (χ2n) is 24.4. The van der Waals surface area contributed by atoms with E-state index in [4.69, 9.17) is 28.6 Å². The summed E-state index contributed by atoms with van der Waals surface area (Å²) in [5.41, 5.74) is 4.77. The van der Waals surface area contributed by atoms with Gasteiger partial charge in [-0.1, -0.05) is 73.3 Å². The minimum Gasteiger partial charge on any atom is -0.399 e. The SMILES string of the molecule is C#CC#CC#CC#CC#CC#CC#CC#CC#CC#CC#C.C#CC#CC#CC#CC#CC#CC#CC#CC#CC#CC#C[CH2-].CC(=O)Nc1nc2ccc(-c3cnc4snc(C(=O)NC5CCCCC5)c4c3)cc2s1.CC(=O)Nc1nc2ccc(B3OC(C)(C)C(C)(C)O3)cc2s1.O=C(NC1CCCCC1)c1nsc2ncc(Br)cc12. The van der Waals surface area contributed by atoms with Crippen LogP contribution in [0.4, 0.5) is 10.3 Å². The molecule has 2 aromatic carbocycles. The van der Waals surface area contributed by atoms with Crippen molar-refractivity contribution < 1.29 is 28.5 Å². The molecule has 3 aliphatic rings. The maximum absolute atomic E-state index is 12.9. The molecule has 2 saturated carbocycles. The highest BCUT2D eigenvalue weighted by Gasteiger charge is 2.51. The van der Waals surface area contributed by atoms with Crippen LogP contribution in [0.2, 0.25) is 0 Å². The summed E-state index contributed by atoms with van der Waals surface area (Å²) in [6.45, 7) is 14.4. The number of aromatic nitrogens is 6. The van der Waals surface area contributed by atoms with Gasteiger partial charge in [0.1, 0.15) is 9.66 Å². The van der Waals surface area contributed by atoms with Crippen LogP contribution < -0.4 is 26.7 Å². The molecule has 0 spiro atoms. The van der Waals surface area contributed by atoms with E-state index in [1.54, 1.807) is 12.4 Å². The van der Waals surface area contributed by atoms with E-state index in [1.165, 1.54) is 85.3 Å². The molecule has 6 aromatic heterocycles. The van der Waals surface area contributed by atoms with Crippen LogP contribution in [-0.4, -0.2) is 82.7 Å². The molecule has 2 aliphatic carbocycles. The Balaban J connectivity index is 0.000000204. The molecular weight excluding hydrogens is 1600 g/mol. The van der Waals surface area contributed by atoms with E-state index in [0.717, 1.165) is 100 Å². The average Bonchev–Trinajstić information content (AvgIpc) is 1.62. The fourth-order valence-corrected chi connectivity index (χ4v) is 13.6. The average molecular weight is 1660 g/mol. The maximum atomic E-state index is 12.9. The fourth-order valence-electron chi connectivity index (χ4n) is 9.89. The van der Waals surface area contributed by atoms with Crippen LogP contribution in [-0.2, 0) is 18.9 Å². The van der Waals surface area contributed by atoms with E-state index < -0.39 is 0 Å². The second kappa shape index (κ2) is 49.3. The molecule has 117 heavy (non-hydrogen) atoms. The minimum absolute atomic E-state index is 0.0712. The molecule has 0 bridgehead atoms. The number of benzene rings is 2. The molecule has 16 nitrogen and oxygen atoms in total. The van der Waals surface area contributed by atoms with Gasteiger partial charge in [-0.05, 0) is 329 Å². The van der Waals surface area contributed by atoms with Crippen LogP contribution in [0.25, 0.3) is 52.0 Å². The number of pyridine rings is 2. The zero-order valence-corrected chi connectivity index (χ0v) is 68.5. The molecule has 22 heteroatoms. The summed E-state index contributed by atoms with van der Waals surface area (Å²) in [4.78, 5) is 66.7. The van der Waals surface area contributed by atoms with Crippen molar-refractivity contribution in [2.75, 3.05) is 10.6 Å². The van der Waals surface area contributed by atoms with Gasteiger partial charge in [0.25, 0.3) is 11.8 Å². The third-order valence-corrected chi connectivity index (χ3v) is 19.5. The van der Waals surface area contributed by atoms with E-state index in [2.05, 4.69) is 316 Å². The van der Waals surface area contributed by atoms with Crippen LogP contribution in [0.5, 0.6) is 0 Å². The van der Waals surface area contributed by atoms with Crippen LogP contribution in [0.15, 0.2) is 65.4 Å². The molecule has 1 saturated heterocycles.